The highest BCUT2D eigenvalue weighted by Crippen LogP contribution is 2.20. The fourth-order valence-corrected chi connectivity index (χ4v) is 1.11. The van der Waals surface area contributed by atoms with Gasteiger partial charge in [0.15, 0.2) is 5.89 Å². The monoisotopic (exact) mass is 152 g/mol. The SMILES string of the molecule is [CH2]C(CC(C)C)c1ncco1. The Labute approximate surface area is 67.6 Å². The van der Waals surface area contributed by atoms with E-state index in [-0.39, 0.29) is 5.92 Å². The van der Waals surface area contributed by atoms with Crippen molar-refractivity contribution in [2.75, 3.05) is 0 Å². The zero-order chi connectivity index (χ0) is 8.27. The van der Waals surface area contributed by atoms with E-state index in [0.29, 0.717) is 5.92 Å². The highest BCUT2D eigenvalue weighted by atomic mass is 16.3. The first-order valence-corrected chi connectivity index (χ1v) is 3.92. The maximum atomic E-state index is 5.12. The van der Waals surface area contributed by atoms with Crippen LogP contribution in [0, 0.1) is 12.8 Å². The summed E-state index contributed by atoms with van der Waals surface area (Å²) < 4.78 is 5.12. The summed E-state index contributed by atoms with van der Waals surface area (Å²) in [4.78, 5) is 4.04. The average molecular weight is 152 g/mol. The van der Waals surface area contributed by atoms with Crippen LogP contribution in [0.5, 0.6) is 0 Å². The van der Waals surface area contributed by atoms with E-state index in [9.17, 15) is 0 Å². The summed E-state index contributed by atoms with van der Waals surface area (Å²) in [6, 6.07) is 0. The summed E-state index contributed by atoms with van der Waals surface area (Å²) in [6.07, 6.45) is 4.28. The molecular formula is C9H14NO. The molecule has 0 aliphatic rings. The molecule has 61 valence electrons. The van der Waals surface area contributed by atoms with Crippen molar-refractivity contribution in [1.29, 1.82) is 0 Å². The Morgan fingerprint density at radius 3 is 2.82 bits per heavy atom. The van der Waals surface area contributed by atoms with Crippen LogP contribution in [0.3, 0.4) is 0 Å². The lowest BCUT2D eigenvalue weighted by Crippen LogP contribution is -1.98. The maximum absolute atomic E-state index is 5.12. The fourth-order valence-electron chi connectivity index (χ4n) is 1.11. The second kappa shape index (κ2) is 3.56. The summed E-state index contributed by atoms with van der Waals surface area (Å²) in [5.41, 5.74) is 0. The van der Waals surface area contributed by atoms with E-state index >= 15 is 0 Å². The molecular weight excluding hydrogens is 138 g/mol. The van der Waals surface area contributed by atoms with E-state index in [4.69, 9.17) is 4.42 Å². The molecule has 0 amide bonds. The van der Waals surface area contributed by atoms with Gasteiger partial charge in [0, 0.05) is 5.92 Å². The summed E-state index contributed by atoms with van der Waals surface area (Å²) in [7, 11) is 0. The Bertz CT molecular complexity index is 191. The lowest BCUT2D eigenvalue weighted by atomic mass is 9.99. The number of rotatable bonds is 3. The van der Waals surface area contributed by atoms with E-state index < -0.39 is 0 Å². The van der Waals surface area contributed by atoms with Crippen molar-refractivity contribution in [3.8, 4) is 0 Å². The third-order valence-corrected chi connectivity index (χ3v) is 1.56. The van der Waals surface area contributed by atoms with Gasteiger partial charge in [-0.1, -0.05) is 13.8 Å². The number of oxazole rings is 1. The highest BCUT2D eigenvalue weighted by Gasteiger charge is 2.11. The molecule has 0 bridgehead atoms. The predicted molar refractivity (Wildman–Crippen MR) is 44.1 cm³/mol. The van der Waals surface area contributed by atoms with Gasteiger partial charge in [0.1, 0.15) is 6.26 Å². The molecule has 0 fully saturated rings. The fraction of sp³-hybridized carbons (Fsp3) is 0.556. The van der Waals surface area contributed by atoms with Crippen LogP contribution in [0.15, 0.2) is 16.9 Å². The lowest BCUT2D eigenvalue weighted by Gasteiger charge is -2.08. The first-order valence-electron chi connectivity index (χ1n) is 3.92. The Hall–Kier alpha value is -0.790. The molecule has 0 aliphatic heterocycles. The molecule has 11 heavy (non-hydrogen) atoms. The van der Waals surface area contributed by atoms with Crippen LogP contribution in [-0.4, -0.2) is 4.98 Å². The smallest absolute Gasteiger partial charge is 0.197 e. The summed E-state index contributed by atoms with van der Waals surface area (Å²) >= 11 is 0. The highest BCUT2D eigenvalue weighted by molar-refractivity contribution is 4.93. The first-order chi connectivity index (χ1) is 5.20. The van der Waals surface area contributed by atoms with E-state index in [0.717, 1.165) is 12.3 Å². The van der Waals surface area contributed by atoms with Crippen LogP contribution in [0.1, 0.15) is 32.1 Å². The van der Waals surface area contributed by atoms with E-state index in [1.165, 1.54) is 0 Å². The van der Waals surface area contributed by atoms with Crippen LogP contribution >= 0.6 is 0 Å². The number of hydrogen-bond acceptors (Lipinski definition) is 2. The van der Waals surface area contributed by atoms with E-state index in [2.05, 4.69) is 25.8 Å². The van der Waals surface area contributed by atoms with Crippen molar-refractivity contribution in [3.63, 3.8) is 0 Å². The minimum absolute atomic E-state index is 0.199. The van der Waals surface area contributed by atoms with Gasteiger partial charge in [-0.25, -0.2) is 4.98 Å². The molecule has 2 heteroatoms. The van der Waals surface area contributed by atoms with Gasteiger partial charge in [0.25, 0.3) is 0 Å². The normalized spacial score (nSPS) is 13.8. The van der Waals surface area contributed by atoms with E-state index in [1.54, 1.807) is 12.5 Å². The van der Waals surface area contributed by atoms with Crippen LogP contribution < -0.4 is 0 Å². The van der Waals surface area contributed by atoms with Crippen molar-refractivity contribution in [1.82, 2.24) is 4.98 Å². The molecule has 0 saturated heterocycles. The molecule has 1 rings (SSSR count). The molecule has 1 heterocycles. The maximum Gasteiger partial charge on any atom is 0.197 e. The molecule has 0 spiro atoms. The quantitative estimate of drug-likeness (QED) is 0.665. The molecule has 0 saturated carbocycles. The van der Waals surface area contributed by atoms with Gasteiger partial charge in [-0.05, 0) is 19.3 Å². The topological polar surface area (TPSA) is 26.0 Å². The van der Waals surface area contributed by atoms with Gasteiger partial charge in [-0.3, -0.25) is 0 Å². The molecule has 0 aromatic carbocycles. The van der Waals surface area contributed by atoms with Crippen molar-refractivity contribution in [2.45, 2.75) is 26.2 Å². The Balaban J connectivity index is 2.49. The van der Waals surface area contributed by atoms with Gasteiger partial charge in [-0.15, -0.1) is 0 Å². The molecule has 1 aromatic heterocycles. The van der Waals surface area contributed by atoms with Gasteiger partial charge < -0.3 is 4.42 Å². The third kappa shape index (κ3) is 2.37. The molecule has 0 N–H and O–H groups in total. The van der Waals surface area contributed by atoms with Gasteiger partial charge >= 0.3 is 0 Å². The Kier molecular flexibility index (Phi) is 2.69. The summed E-state index contributed by atoms with van der Waals surface area (Å²) in [5, 5.41) is 0. The van der Waals surface area contributed by atoms with Crippen molar-refractivity contribution in [2.24, 2.45) is 5.92 Å². The van der Waals surface area contributed by atoms with Gasteiger partial charge in [0.2, 0.25) is 0 Å². The minimum atomic E-state index is 0.199. The predicted octanol–water partition coefficient (Wildman–Crippen LogP) is 2.64. The molecule has 1 radical (unpaired) electrons. The summed E-state index contributed by atoms with van der Waals surface area (Å²) in [6.45, 7) is 8.30. The second-order valence-corrected chi connectivity index (χ2v) is 3.20. The Morgan fingerprint density at radius 1 is 1.64 bits per heavy atom. The third-order valence-electron chi connectivity index (χ3n) is 1.56. The standard InChI is InChI=1S/C9H14NO/c1-7(2)6-8(3)9-10-4-5-11-9/h4-5,7-8H,3,6H2,1-2H3. The van der Waals surface area contributed by atoms with Crippen molar-refractivity contribution < 1.29 is 4.42 Å². The van der Waals surface area contributed by atoms with Gasteiger partial charge in [0.05, 0.1) is 6.20 Å². The molecule has 1 unspecified atom stereocenters. The molecule has 0 aliphatic carbocycles. The summed E-state index contributed by atoms with van der Waals surface area (Å²) in [5.74, 6) is 1.59. The number of hydrogen-bond donors (Lipinski definition) is 0. The molecule has 1 atom stereocenters. The average Bonchev–Trinajstić information content (AvgIpc) is 2.35. The van der Waals surface area contributed by atoms with Crippen LogP contribution in [0.2, 0.25) is 0 Å². The Morgan fingerprint density at radius 2 is 2.36 bits per heavy atom. The second-order valence-electron chi connectivity index (χ2n) is 3.20. The number of aromatic nitrogens is 1. The minimum Gasteiger partial charge on any atom is -0.449 e. The first kappa shape index (κ1) is 8.31. The zero-order valence-electron chi connectivity index (χ0n) is 7.08. The lowest BCUT2D eigenvalue weighted by molar-refractivity contribution is 0.431. The number of nitrogens with zero attached hydrogens (tertiary/aromatic N) is 1. The molecule has 1 aromatic rings. The van der Waals surface area contributed by atoms with Crippen LogP contribution in [0.4, 0.5) is 0 Å². The van der Waals surface area contributed by atoms with E-state index in [1.807, 2.05) is 0 Å². The van der Waals surface area contributed by atoms with Crippen LogP contribution in [0.25, 0.3) is 0 Å². The van der Waals surface area contributed by atoms with Gasteiger partial charge in [-0.2, -0.15) is 0 Å². The van der Waals surface area contributed by atoms with Crippen molar-refractivity contribution in [3.05, 3.63) is 25.3 Å². The zero-order valence-corrected chi connectivity index (χ0v) is 7.08. The largest absolute Gasteiger partial charge is 0.449 e. The molecule has 2 nitrogen and oxygen atoms in total. The van der Waals surface area contributed by atoms with Crippen molar-refractivity contribution >= 4 is 0 Å². The van der Waals surface area contributed by atoms with Crippen LogP contribution in [-0.2, 0) is 0 Å².